The van der Waals surface area contributed by atoms with E-state index in [1.165, 1.54) is 39.2 Å². The summed E-state index contributed by atoms with van der Waals surface area (Å²) in [6, 6.07) is 0. The van der Waals surface area contributed by atoms with E-state index in [0.717, 1.165) is 13.0 Å². The number of rotatable bonds is 8. The number of carbonyl (C=O) groups excluding carboxylic acids is 1. The Labute approximate surface area is 108 Å². The maximum absolute atomic E-state index is 11.3. The fraction of sp³-hybridized carbons (Fsp3) is 0.692. The van der Waals surface area contributed by atoms with Gasteiger partial charge in [0.05, 0.1) is 13.4 Å². The first-order valence-corrected chi connectivity index (χ1v) is 6.59. The number of nitrogen functional groups attached to an aromatic ring is 1. The van der Waals surface area contributed by atoms with Gasteiger partial charge in [-0.3, -0.25) is 0 Å². The van der Waals surface area contributed by atoms with Gasteiger partial charge in [-0.15, -0.1) is 0 Å². The van der Waals surface area contributed by atoms with Gasteiger partial charge in [0.1, 0.15) is 5.82 Å². The summed E-state index contributed by atoms with van der Waals surface area (Å²) in [7, 11) is 1.33. The Morgan fingerprint density at radius 2 is 2.00 bits per heavy atom. The highest BCUT2D eigenvalue weighted by atomic mass is 16.5. The minimum absolute atomic E-state index is 0.212. The van der Waals surface area contributed by atoms with Crippen LogP contribution in [-0.2, 0) is 11.3 Å². The molecular formula is C13H23N3O2. The first-order valence-electron chi connectivity index (χ1n) is 6.59. The lowest BCUT2D eigenvalue weighted by Crippen LogP contribution is -2.08. The highest BCUT2D eigenvalue weighted by Crippen LogP contribution is 2.13. The fourth-order valence-corrected chi connectivity index (χ4v) is 1.89. The van der Waals surface area contributed by atoms with Crippen molar-refractivity contribution in [1.82, 2.24) is 9.55 Å². The van der Waals surface area contributed by atoms with Gasteiger partial charge in [0, 0.05) is 6.54 Å². The van der Waals surface area contributed by atoms with Crippen LogP contribution in [0.4, 0.5) is 5.82 Å². The third-order valence-electron chi connectivity index (χ3n) is 3.01. The van der Waals surface area contributed by atoms with Crippen LogP contribution in [0.25, 0.3) is 0 Å². The first-order chi connectivity index (χ1) is 8.70. The average Bonchev–Trinajstić information content (AvgIpc) is 2.74. The SMILES string of the molecule is CCCCCCCCn1cnc(C(=O)OC)c1N. The predicted molar refractivity (Wildman–Crippen MR) is 71.4 cm³/mol. The molecule has 0 atom stereocenters. The smallest absolute Gasteiger partial charge is 0.360 e. The molecule has 0 aliphatic carbocycles. The van der Waals surface area contributed by atoms with Crippen molar-refractivity contribution in [3.63, 3.8) is 0 Å². The quantitative estimate of drug-likeness (QED) is 0.571. The van der Waals surface area contributed by atoms with E-state index in [1.54, 1.807) is 6.33 Å². The number of nitrogens with two attached hydrogens (primary N) is 1. The van der Waals surface area contributed by atoms with E-state index in [0.29, 0.717) is 5.82 Å². The van der Waals surface area contributed by atoms with Crippen molar-refractivity contribution in [3.8, 4) is 0 Å². The topological polar surface area (TPSA) is 70.1 Å². The normalized spacial score (nSPS) is 10.6. The van der Waals surface area contributed by atoms with Gasteiger partial charge in [-0.2, -0.15) is 0 Å². The molecule has 5 nitrogen and oxygen atoms in total. The lowest BCUT2D eigenvalue weighted by atomic mass is 10.1. The summed E-state index contributed by atoms with van der Waals surface area (Å²) in [5.41, 5.74) is 6.05. The van der Waals surface area contributed by atoms with Gasteiger partial charge in [-0.05, 0) is 6.42 Å². The summed E-state index contributed by atoms with van der Waals surface area (Å²) in [4.78, 5) is 15.3. The molecule has 5 heteroatoms. The Morgan fingerprint density at radius 3 is 2.67 bits per heavy atom. The fourth-order valence-electron chi connectivity index (χ4n) is 1.89. The van der Waals surface area contributed by atoms with Crippen LogP contribution in [0.5, 0.6) is 0 Å². The van der Waals surface area contributed by atoms with Gasteiger partial charge < -0.3 is 15.0 Å². The molecule has 0 amide bonds. The minimum atomic E-state index is -0.478. The van der Waals surface area contributed by atoms with Crippen LogP contribution in [0, 0.1) is 0 Å². The summed E-state index contributed by atoms with van der Waals surface area (Å²) >= 11 is 0. The molecule has 0 unspecified atom stereocenters. The van der Waals surface area contributed by atoms with Crippen molar-refractivity contribution in [1.29, 1.82) is 0 Å². The molecule has 102 valence electrons. The van der Waals surface area contributed by atoms with Gasteiger partial charge in [0.15, 0.2) is 5.69 Å². The Bertz CT molecular complexity index is 374. The lowest BCUT2D eigenvalue weighted by Gasteiger charge is -2.05. The summed E-state index contributed by atoms with van der Waals surface area (Å²) < 4.78 is 6.42. The molecule has 0 fully saturated rings. The zero-order valence-corrected chi connectivity index (χ0v) is 11.3. The predicted octanol–water partition coefficient (Wildman–Crippen LogP) is 2.61. The van der Waals surface area contributed by atoms with Crippen LogP contribution >= 0.6 is 0 Å². The molecule has 0 aliphatic heterocycles. The third-order valence-corrected chi connectivity index (χ3v) is 3.01. The number of hydrogen-bond donors (Lipinski definition) is 1. The van der Waals surface area contributed by atoms with E-state index in [4.69, 9.17) is 5.73 Å². The van der Waals surface area contributed by atoms with Gasteiger partial charge in [0.2, 0.25) is 0 Å². The van der Waals surface area contributed by atoms with Crippen LogP contribution in [0.2, 0.25) is 0 Å². The number of aryl methyl sites for hydroxylation is 1. The number of hydrogen-bond acceptors (Lipinski definition) is 4. The number of anilines is 1. The molecule has 0 saturated carbocycles. The van der Waals surface area contributed by atoms with Crippen LogP contribution in [0.1, 0.15) is 55.9 Å². The Morgan fingerprint density at radius 1 is 1.33 bits per heavy atom. The summed E-state index contributed by atoms with van der Waals surface area (Å²) in [6.07, 6.45) is 8.97. The molecule has 1 aromatic rings. The van der Waals surface area contributed by atoms with Gasteiger partial charge in [0.25, 0.3) is 0 Å². The minimum Gasteiger partial charge on any atom is -0.464 e. The van der Waals surface area contributed by atoms with Crippen LogP contribution in [0.3, 0.4) is 0 Å². The van der Waals surface area contributed by atoms with Crippen molar-refractivity contribution in [2.24, 2.45) is 0 Å². The number of methoxy groups -OCH3 is 1. The second-order valence-electron chi connectivity index (χ2n) is 4.43. The number of imidazole rings is 1. The molecule has 0 aromatic carbocycles. The molecule has 1 heterocycles. The average molecular weight is 253 g/mol. The summed E-state index contributed by atoms with van der Waals surface area (Å²) in [5.74, 6) is -0.0791. The van der Waals surface area contributed by atoms with E-state index >= 15 is 0 Å². The zero-order valence-electron chi connectivity index (χ0n) is 11.3. The number of aromatic nitrogens is 2. The van der Waals surface area contributed by atoms with Crippen molar-refractivity contribution >= 4 is 11.8 Å². The van der Waals surface area contributed by atoms with Crippen LogP contribution < -0.4 is 5.73 Å². The van der Waals surface area contributed by atoms with Crippen LogP contribution in [-0.4, -0.2) is 22.6 Å². The molecule has 0 radical (unpaired) electrons. The van der Waals surface area contributed by atoms with Gasteiger partial charge >= 0.3 is 5.97 Å². The standard InChI is InChI=1S/C13H23N3O2/c1-3-4-5-6-7-8-9-16-10-15-11(12(16)14)13(17)18-2/h10H,3-9,14H2,1-2H3. The maximum atomic E-state index is 11.3. The number of unbranched alkanes of at least 4 members (excludes halogenated alkanes) is 5. The molecule has 0 spiro atoms. The Balaban J connectivity index is 2.35. The molecule has 0 bridgehead atoms. The molecule has 2 N–H and O–H groups in total. The summed E-state index contributed by atoms with van der Waals surface area (Å²) in [6.45, 7) is 3.02. The van der Waals surface area contributed by atoms with Crippen molar-refractivity contribution in [2.45, 2.75) is 52.0 Å². The second-order valence-corrected chi connectivity index (χ2v) is 4.43. The summed E-state index contributed by atoms with van der Waals surface area (Å²) in [5, 5.41) is 0. The molecule has 0 aliphatic rings. The maximum Gasteiger partial charge on any atom is 0.360 e. The van der Waals surface area contributed by atoms with Gasteiger partial charge in [-0.25, -0.2) is 9.78 Å². The number of nitrogens with zero attached hydrogens (tertiary/aromatic N) is 2. The lowest BCUT2D eigenvalue weighted by molar-refractivity contribution is 0.0596. The molecule has 0 saturated heterocycles. The third kappa shape index (κ3) is 4.05. The number of carbonyl (C=O) groups is 1. The monoisotopic (exact) mass is 253 g/mol. The zero-order chi connectivity index (χ0) is 13.4. The largest absolute Gasteiger partial charge is 0.464 e. The second kappa shape index (κ2) is 7.74. The Kier molecular flexibility index (Phi) is 6.25. The highest BCUT2D eigenvalue weighted by Gasteiger charge is 2.15. The van der Waals surface area contributed by atoms with Gasteiger partial charge in [-0.1, -0.05) is 39.0 Å². The van der Waals surface area contributed by atoms with E-state index in [-0.39, 0.29) is 5.69 Å². The van der Waals surface area contributed by atoms with Crippen molar-refractivity contribution < 1.29 is 9.53 Å². The molecular weight excluding hydrogens is 230 g/mol. The van der Waals surface area contributed by atoms with Crippen molar-refractivity contribution in [2.75, 3.05) is 12.8 Å². The highest BCUT2D eigenvalue weighted by molar-refractivity contribution is 5.91. The van der Waals surface area contributed by atoms with Crippen molar-refractivity contribution in [3.05, 3.63) is 12.0 Å². The molecule has 1 rings (SSSR count). The molecule has 1 aromatic heterocycles. The van der Waals surface area contributed by atoms with E-state index < -0.39 is 5.97 Å². The molecule has 18 heavy (non-hydrogen) atoms. The van der Waals surface area contributed by atoms with E-state index in [1.807, 2.05) is 4.57 Å². The van der Waals surface area contributed by atoms with Crippen LogP contribution in [0.15, 0.2) is 6.33 Å². The van der Waals surface area contributed by atoms with E-state index in [2.05, 4.69) is 16.6 Å². The number of ether oxygens (including phenoxy) is 1. The van der Waals surface area contributed by atoms with E-state index in [9.17, 15) is 4.79 Å². The number of esters is 1. The first kappa shape index (κ1) is 14.5. The Hall–Kier alpha value is -1.52.